The Morgan fingerprint density at radius 2 is 2.00 bits per heavy atom. The van der Waals surface area contributed by atoms with Crippen molar-refractivity contribution >= 4 is 22.6 Å². The third kappa shape index (κ3) is 3.70. The summed E-state index contributed by atoms with van der Waals surface area (Å²) in [5.74, 6) is 0.819. The molecule has 0 spiro atoms. The van der Waals surface area contributed by atoms with Crippen LogP contribution in [0.4, 0.5) is 0 Å². The van der Waals surface area contributed by atoms with Crippen LogP contribution in [0.2, 0.25) is 0 Å². The fourth-order valence-corrected chi connectivity index (χ4v) is 2.47. The minimum Gasteiger partial charge on any atom is -0.495 e. The molecule has 20 heavy (non-hydrogen) atoms. The fourth-order valence-electron chi connectivity index (χ4n) is 2.11. The molecule has 1 aromatic carbocycles. The summed E-state index contributed by atoms with van der Waals surface area (Å²) < 4.78 is 6.68. The molecule has 2 aromatic rings. The minimum atomic E-state index is 0.0584. The summed E-state index contributed by atoms with van der Waals surface area (Å²) in [6.45, 7) is 3.10. The van der Waals surface area contributed by atoms with E-state index in [0.717, 1.165) is 24.4 Å². The topological polar surface area (TPSA) is 34.2 Å². The number of nitrogens with zero attached hydrogens (tertiary/aromatic N) is 1. The minimum absolute atomic E-state index is 0.0584. The fraction of sp³-hybridized carbons (Fsp3) is 0.312. The summed E-state index contributed by atoms with van der Waals surface area (Å²) in [4.78, 5) is 4.51. The van der Waals surface area contributed by atoms with Crippen LogP contribution < -0.4 is 10.1 Å². The Morgan fingerprint density at radius 3 is 2.65 bits per heavy atom. The SMILES string of the molecule is CCCNC(c1ccc(I)cc1)c1ncccc1OC. The number of pyridine rings is 1. The zero-order chi connectivity index (χ0) is 14.4. The molecule has 1 unspecified atom stereocenters. The van der Waals surface area contributed by atoms with Crippen molar-refractivity contribution < 1.29 is 4.74 Å². The van der Waals surface area contributed by atoms with Crippen LogP contribution >= 0.6 is 22.6 Å². The predicted molar refractivity (Wildman–Crippen MR) is 90.1 cm³/mol. The lowest BCUT2D eigenvalue weighted by Crippen LogP contribution is -2.24. The van der Waals surface area contributed by atoms with Gasteiger partial charge in [0.2, 0.25) is 0 Å². The highest BCUT2D eigenvalue weighted by Gasteiger charge is 2.18. The summed E-state index contributed by atoms with van der Waals surface area (Å²) in [6, 6.07) is 12.4. The van der Waals surface area contributed by atoms with E-state index < -0.39 is 0 Å². The number of rotatable bonds is 6. The molecule has 0 fully saturated rings. The maximum absolute atomic E-state index is 5.45. The molecule has 1 heterocycles. The third-order valence-corrected chi connectivity index (χ3v) is 3.81. The summed E-state index contributed by atoms with van der Waals surface area (Å²) in [5.41, 5.74) is 2.14. The van der Waals surface area contributed by atoms with Gasteiger partial charge in [-0.3, -0.25) is 4.98 Å². The average molecular weight is 382 g/mol. The molecule has 4 heteroatoms. The molecule has 0 amide bonds. The van der Waals surface area contributed by atoms with Gasteiger partial charge in [-0.05, 0) is 65.4 Å². The first-order chi connectivity index (χ1) is 9.76. The first kappa shape index (κ1) is 15.3. The van der Waals surface area contributed by atoms with Crippen LogP contribution in [0, 0.1) is 3.57 Å². The lowest BCUT2D eigenvalue weighted by Gasteiger charge is -2.20. The van der Waals surface area contributed by atoms with Gasteiger partial charge in [0, 0.05) is 9.77 Å². The normalized spacial score (nSPS) is 12.2. The molecular formula is C16H19IN2O. The van der Waals surface area contributed by atoms with E-state index in [1.54, 1.807) is 7.11 Å². The smallest absolute Gasteiger partial charge is 0.142 e. The molecule has 0 aliphatic rings. The van der Waals surface area contributed by atoms with Crippen molar-refractivity contribution in [1.82, 2.24) is 10.3 Å². The van der Waals surface area contributed by atoms with E-state index >= 15 is 0 Å². The maximum Gasteiger partial charge on any atom is 0.142 e. The largest absolute Gasteiger partial charge is 0.495 e. The molecule has 106 valence electrons. The highest BCUT2D eigenvalue weighted by Crippen LogP contribution is 2.28. The molecule has 0 saturated heterocycles. The first-order valence-electron chi connectivity index (χ1n) is 6.74. The van der Waals surface area contributed by atoms with Crippen molar-refractivity contribution in [1.29, 1.82) is 0 Å². The van der Waals surface area contributed by atoms with Gasteiger partial charge < -0.3 is 10.1 Å². The lowest BCUT2D eigenvalue weighted by atomic mass is 10.0. The molecule has 0 saturated carbocycles. The molecule has 1 N–H and O–H groups in total. The highest BCUT2D eigenvalue weighted by atomic mass is 127. The standard InChI is InChI=1S/C16H19IN2O/c1-3-10-18-15(12-6-8-13(17)9-7-12)16-14(20-2)5-4-11-19-16/h4-9,11,15,18H,3,10H2,1-2H3. The quantitative estimate of drug-likeness (QED) is 0.773. The van der Waals surface area contributed by atoms with Gasteiger partial charge in [-0.1, -0.05) is 19.1 Å². The van der Waals surface area contributed by atoms with Crippen LogP contribution in [-0.4, -0.2) is 18.6 Å². The Balaban J connectivity index is 2.38. The molecular weight excluding hydrogens is 363 g/mol. The number of aromatic nitrogens is 1. The Labute approximate surface area is 133 Å². The summed E-state index contributed by atoms with van der Waals surface area (Å²) in [5, 5.41) is 3.55. The molecule has 2 rings (SSSR count). The van der Waals surface area contributed by atoms with Gasteiger partial charge >= 0.3 is 0 Å². The number of methoxy groups -OCH3 is 1. The number of hydrogen-bond acceptors (Lipinski definition) is 3. The van der Waals surface area contributed by atoms with Crippen LogP contribution in [0.25, 0.3) is 0 Å². The van der Waals surface area contributed by atoms with E-state index in [4.69, 9.17) is 4.74 Å². The monoisotopic (exact) mass is 382 g/mol. The number of benzene rings is 1. The molecule has 1 atom stereocenters. The van der Waals surface area contributed by atoms with Gasteiger partial charge in [-0.2, -0.15) is 0 Å². The van der Waals surface area contributed by atoms with E-state index in [1.165, 1.54) is 9.13 Å². The van der Waals surface area contributed by atoms with E-state index in [-0.39, 0.29) is 6.04 Å². The van der Waals surface area contributed by atoms with Gasteiger partial charge in [0.1, 0.15) is 11.4 Å². The number of hydrogen-bond donors (Lipinski definition) is 1. The molecule has 1 aromatic heterocycles. The van der Waals surface area contributed by atoms with Crippen LogP contribution in [0.15, 0.2) is 42.6 Å². The molecule has 0 aliphatic carbocycles. The predicted octanol–water partition coefficient (Wildman–Crippen LogP) is 3.78. The van der Waals surface area contributed by atoms with Gasteiger partial charge in [0.05, 0.1) is 13.2 Å². The first-order valence-corrected chi connectivity index (χ1v) is 7.82. The summed E-state index contributed by atoms with van der Waals surface area (Å²) in [6.07, 6.45) is 2.89. The van der Waals surface area contributed by atoms with E-state index in [0.29, 0.717) is 0 Å². The summed E-state index contributed by atoms with van der Waals surface area (Å²) >= 11 is 2.32. The van der Waals surface area contributed by atoms with Gasteiger partial charge in [0.15, 0.2) is 0 Å². The van der Waals surface area contributed by atoms with Crippen LogP contribution in [0.1, 0.15) is 30.6 Å². The second-order valence-corrected chi connectivity index (χ2v) is 5.78. The van der Waals surface area contributed by atoms with Crippen LogP contribution in [-0.2, 0) is 0 Å². The van der Waals surface area contributed by atoms with Gasteiger partial charge in [-0.25, -0.2) is 0 Å². The van der Waals surface area contributed by atoms with Crippen LogP contribution in [0.5, 0.6) is 5.75 Å². The zero-order valence-corrected chi connectivity index (χ0v) is 13.9. The van der Waals surface area contributed by atoms with Crippen molar-refractivity contribution in [2.45, 2.75) is 19.4 Å². The maximum atomic E-state index is 5.45. The van der Waals surface area contributed by atoms with Crippen LogP contribution in [0.3, 0.4) is 0 Å². The molecule has 0 bridgehead atoms. The Hall–Kier alpha value is -1.14. The lowest BCUT2D eigenvalue weighted by molar-refractivity contribution is 0.400. The Morgan fingerprint density at radius 1 is 1.25 bits per heavy atom. The Bertz CT molecular complexity index is 542. The van der Waals surface area contributed by atoms with Crippen molar-refractivity contribution in [3.63, 3.8) is 0 Å². The van der Waals surface area contributed by atoms with Crippen molar-refractivity contribution in [2.75, 3.05) is 13.7 Å². The molecule has 3 nitrogen and oxygen atoms in total. The number of nitrogens with one attached hydrogen (secondary N) is 1. The highest BCUT2D eigenvalue weighted by molar-refractivity contribution is 14.1. The zero-order valence-electron chi connectivity index (χ0n) is 11.8. The molecule has 0 aliphatic heterocycles. The van der Waals surface area contributed by atoms with E-state index in [9.17, 15) is 0 Å². The van der Waals surface area contributed by atoms with Gasteiger partial charge in [-0.15, -0.1) is 0 Å². The van der Waals surface area contributed by atoms with Gasteiger partial charge in [0.25, 0.3) is 0 Å². The van der Waals surface area contributed by atoms with Crippen molar-refractivity contribution in [3.05, 3.63) is 57.4 Å². The molecule has 0 radical (unpaired) electrons. The van der Waals surface area contributed by atoms with Crippen molar-refractivity contribution in [2.24, 2.45) is 0 Å². The summed E-state index contributed by atoms with van der Waals surface area (Å²) in [7, 11) is 1.69. The van der Waals surface area contributed by atoms with E-state index in [2.05, 4.69) is 64.1 Å². The number of halogens is 1. The number of ether oxygens (including phenoxy) is 1. The second-order valence-electron chi connectivity index (χ2n) is 4.53. The van der Waals surface area contributed by atoms with E-state index in [1.807, 2.05) is 18.3 Å². The second kappa shape index (κ2) is 7.59. The van der Waals surface area contributed by atoms with Crippen molar-refractivity contribution in [3.8, 4) is 5.75 Å². The third-order valence-electron chi connectivity index (χ3n) is 3.09. The Kier molecular flexibility index (Phi) is 5.79. The average Bonchev–Trinajstić information content (AvgIpc) is 2.50.